The number of rotatable bonds is 7. The molecule has 1 unspecified atom stereocenters. The first-order chi connectivity index (χ1) is 10.2. The number of unbranched alkanes of at least 4 members (excludes halogenated alkanes) is 1. The van der Waals surface area contributed by atoms with Crippen LogP contribution in [0.5, 0.6) is 0 Å². The van der Waals surface area contributed by atoms with Crippen LogP contribution in [0.4, 0.5) is 8.78 Å². The van der Waals surface area contributed by atoms with Crippen molar-refractivity contribution in [3.8, 4) is 0 Å². The second-order valence-electron chi connectivity index (χ2n) is 5.22. The van der Waals surface area contributed by atoms with Crippen LogP contribution in [0.3, 0.4) is 0 Å². The molecule has 0 heterocycles. The summed E-state index contributed by atoms with van der Waals surface area (Å²) in [6.07, 6.45) is 3.23. The van der Waals surface area contributed by atoms with Crippen molar-refractivity contribution in [2.75, 3.05) is 0 Å². The van der Waals surface area contributed by atoms with Gasteiger partial charge in [0, 0.05) is 24.2 Å². The molecule has 0 radical (unpaired) electrons. The molecule has 2 aromatic carbocycles. The lowest BCUT2D eigenvalue weighted by atomic mass is 10.0. The topological polar surface area (TPSA) is 12.0 Å². The molecule has 0 aliphatic carbocycles. The predicted octanol–water partition coefficient (Wildman–Crippen LogP) is 4.99. The number of nitrogens with one attached hydrogen (secondary N) is 1. The molecule has 0 saturated heterocycles. The van der Waals surface area contributed by atoms with Gasteiger partial charge in [0.05, 0.1) is 0 Å². The highest BCUT2D eigenvalue weighted by Crippen LogP contribution is 2.20. The standard InChI is InChI=1S/C18H21F2N/c1-2-3-9-18(14-7-5-4-6-8-14)21-13-15-10-11-16(19)12-17(15)20/h4-8,10-12,18,21H,2-3,9,13H2,1H3. The average Bonchev–Trinajstić information content (AvgIpc) is 2.50. The third-order valence-electron chi connectivity index (χ3n) is 3.60. The van der Waals surface area contributed by atoms with Gasteiger partial charge in [0.25, 0.3) is 0 Å². The van der Waals surface area contributed by atoms with E-state index in [2.05, 4.69) is 24.4 Å². The van der Waals surface area contributed by atoms with Crippen LogP contribution in [0.25, 0.3) is 0 Å². The molecule has 0 spiro atoms. The summed E-state index contributed by atoms with van der Waals surface area (Å²) in [5.74, 6) is -1.04. The summed E-state index contributed by atoms with van der Waals surface area (Å²) < 4.78 is 26.6. The van der Waals surface area contributed by atoms with Crippen LogP contribution in [0.15, 0.2) is 48.5 Å². The second kappa shape index (κ2) is 7.89. The lowest BCUT2D eigenvalue weighted by molar-refractivity contribution is 0.470. The Bertz CT molecular complexity index is 554. The fourth-order valence-electron chi connectivity index (χ4n) is 2.38. The SMILES string of the molecule is CCCCC(NCc1ccc(F)cc1F)c1ccccc1. The largest absolute Gasteiger partial charge is 0.306 e. The zero-order valence-corrected chi connectivity index (χ0v) is 12.3. The highest BCUT2D eigenvalue weighted by Gasteiger charge is 2.11. The minimum Gasteiger partial charge on any atom is -0.306 e. The van der Waals surface area contributed by atoms with Gasteiger partial charge in [-0.15, -0.1) is 0 Å². The van der Waals surface area contributed by atoms with Gasteiger partial charge in [0.2, 0.25) is 0 Å². The van der Waals surface area contributed by atoms with Crippen molar-refractivity contribution in [1.82, 2.24) is 5.32 Å². The molecule has 0 aliphatic rings. The molecule has 0 amide bonds. The van der Waals surface area contributed by atoms with Gasteiger partial charge in [0.1, 0.15) is 11.6 Å². The number of hydrogen-bond donors (Lipinski definition) is 1. The Morgan fingerprint density at radius 2 is 1.81 bits per heavy atom. The maximum absolute atomic E-state index is 13.7. The van der Waals surface area contributed by atoms with E-state index in [1.54, 1.807) is 0 Å². The van der Waals surface area contributed by atoms with Gasteiger partial charge < -0.3 is 5.32 Å². The average molecular weight is 289 g/mol. The van der Waals surface area contributed by atoms with E-state index in [4.69, 9.17) is 0 Å². The first-order valence-electron chi connectivity index (χ1n) is 7.43. The van der Waals surface area contributed by atoms with Gasteiger partial charge in [-0.3, -0.25) is 0 Å². The Labute approximate surface area is 125 Å². The van der Waals surface area contributed by atoms with E-state index < -0.39 is 11.6 Å². The number of halogens is 2. The normalized spacial score (nSPS) is 12.3. The first-order valence-corrected chi connectivity index (χ1v) is 7.43. The van der Waals surface area contributed by atoms with E-state index in [1.807, 2.05) is 18.2 Å². The minimum atomic E-state index is -0.540. The molecular formula is C18H21F2N. The third kappa shape index (κ3) is 4.64. The highest BCUT2D eigenvalue weighted by molar-refractivity contribution is 5.21. The summed E-state index contributed by atoms with van der Waals surface area (Å²) in [4.78, 5) is 0. The van der Waals surface area contributed by atoms with Gasteiger partial charge in [-0.05, 0) is 18.1 Å². The molecule has 112 valence electrons. The molecule has 0 aliphatic heterocycles. The van der Waals surface area contributed by atoms with Crippen molar-refractivity contribution in [3.05, 3.63) is 71.3 Å². The Balaban J connectivity index is 2.05. The summed E-state index contributed by atoms with van der Waals surface area (Å²) >= 11 is 0. The van der Waals surface area contributed by atoms with Crippen LogP contribution in [0, 0.1) is 11.6 Å². The van der Waals surface area contributed by atoms with Crippen molar-refractivity contribution < 1.29 is 8.78 Å². The maximum Gasteiger partial charge on any atom is 0.130 e. The van der Waals surface area contributed by atoms with Gasteiger partial charge in [-0.25, -0.2) is 8.78 Å². The molecule has 0 bridgehead atoms. The summed E-state index contributed by atoms with van der Waals surface area (Å²) in [6, 6.07) is 14.1. The monoisotopic (exact) mass is 289 g/mol. The molecule has 3 heteroatoms. The van der Waals surface area contributed by atoms with Gasteiger partial charge >= 0.3 is 0 Å². The molecule has 0 fully saturated rings. The Morgan fingerprint density at radius 3 is 2.48 bits per heavy atom. The number of benzene rings is 2. The van der Waals surface area contributed by atoms with Crippen LogP contribution in [0.2, 0.25) is 0 Å². The first kappa shape index (κ1) is 15.6. The smallest absolute Gasteiger partial charge is 0.130 e. The lowest BCUT2D eigenvalue weighted by Gasteiger charge is -2.19. The van der Waals surface area contributed by atoms with Gasteiger partial charge in [-0.1, -0.05) is 56.2 Å². The summed E-state index contributed by atoms with van der Waals surface area (Å²) in [6.45, 7) is 2.55. The predicted molar refractivity (Wildman–Crippen MR) is 81.9 cm³/mol. The van der Waals surface area contributed by atoms with Crippen LogP contribution in [-0.4, -0.2) is 0 Å². The van der Waals surface area contributed by atoms with Crippen LogP contribution in [0.1, 0.15) is 43.4 Å². The molecule has 1 atom stereocenters. The Kier molecular flexibility index (Phi) is 5.88. The molecule has 1 N–H and O–H groups in total. The van der Waals surface area contributed by atoms with Crippen molar-refractivity contribution in [2.45, 2.75) is 38.8 Å². The lowest BCUT2D eigenvalue weighted by Crippen LogP contribution is -2.21. The Hall–Kier alpha value is -1.74. The van der Waals surface area contributed by atoms with E-state index in [0.29, 0.717) is 12.1 Å². The molecule has 2 aromatic rings. The fraction of sp³-hybridized carbons (Fsp3) is 0.333. The third-order valence-corrected chi connectivity index (χ3v) is 3.60. The molecule has 2 rings (SSSR count). The molecule has 0 aromatic heterocycles. The number of hydrogen-bond acceptors (Lipinski definition) is 1. The van der Waals surface area contributed by atoms with E-state index in [-0.39, 0.29) is 6.04 Å². The van der Waals surface area contributed by atoms with E-state index >= 15 is 0 Å². The quantitative estimate of drug-likeness (QED) is 0.757. The van der Waals surface area contributed by atoms with Crippen LogP contribution >= 0.6 is 0 Å². The van der Waals surface area contributed by atoms with Crippen molar-refractivity contribution >= 4 is 0 Å². The second-order valence-corrected chi connectivity index (χ2v) is 5.22. The van der Waals surface area contributed by atoms with Gasteiger partial charge in [-0.2, -0.15) is 0 Å². The van der Waals surface area contributed by atoms with Gasteiger partial charge in [0.15, 0.2) is 0 Å². The molecule has 0 saturated carbocycles. The zero-order chi connectivity index (χ0) is 15.1. The highest BCUT2D eigenvalue weighted by atomic mass is 19.1. The van der Waals surface area contributed by atoms with Crippen molar-refractivity contribution in [2.24, 2.45) is 0 Å². The molecular weight excluding hydrogens is 268 g/mol. The fourth-order valence-corrected chi connectivity index (χ4v) is 2.38. The Morgan fingerprint density at radius 1 is 1.05 bits per heavy atom. The van der Waals surface area contributed by atoms with Crippen LogP contribution in [-0.2, 0) is 6.54 Å². The van der Waals surface area contributed by atoms with E-state index in [1.165, 1.54) is 17.7 Å². The van der Waals surface area contributed by atoms with E-state index in [0.717, 1.165) is 25.3 Å². The van der Waals surface area contributed by atoms with E-state index in [9.17, 15) is 8.78 Å². The summed E-state index contributed by atoms with van der Waals surface area (Å²) in [5, 5.41) is 3.38. The van der Waals surface area contributed by atoms with Crippen molar-refractivity contribution in [1.29, 1.82) is 0 Å². The molecule has 1 nitrogen and oxygen atoms in total. The van der Waals surface area contributed by atoms with Crippen LogP contribution < -0.4 is 5.32 Å². The van der Waals surface area contributed by atoms with Crippen molar-refractivity contribution in [3.63, 3.8) is 0 Å². The minimum absolute atomic E-state index is 0.190. The zero-order valence-electron chi connectivity index (χ0n) is 12.3. The summed E-state index contributed by atoms with van der Waals surface area (Å²) in [7, 11) is 0. The molecule has 21 heavy (non-hydrogen) atoms. The summed E-state index contributed by atoms with van der Waals surface area (Å²) in [5.41, 5.74) is 1.70. The maximum atomic E-state index is 13.7.